The van der Waals surface area contributed by atoms with Gasteiger partial charge in [0.1, 0.15) is 0 Å². The number of amides is 1. The summed E-state index contributed by atoms with van der Waals surface area (Å²) in [5, 5.41) is 8.97. The lowest BCUT2D eigenvalue weighted by atomic mass is 9.88. The van der Waals surface area contributed by atoms with E-state index in [-0.39, 0.29) is 11.9 Å². The third-order valence-electron chi connectivity index (χ3n) is 2.94. The number of ether oxygens (including phenoxy) is 1. The van der Waals surface area contributed by atoms with Crippen LogP contribution in [-0.4, -0.2) is 47.7 Å². The van der Waals surface area contributed by atoms with Crippen LogP contribution >= 0.6 is 0 Å². The molecule has 0 radical (unpaired) electrons. The monoisotopic (exact) mass is 199 g/mol. The Morgan fingerprint density at radius 3 is 3.07 bits per heavy atom. The summed E-state index contributed by atoms with van der Waals surface area (Å²) in [5.74, 6) is -1.21. The van der Waals surface area contributed by atoms with Gasteiger partial charge in [0.15, 0.2) is 0 Å². The third kappa shape index (κ3) is 1.48. The van der Waals surface area contributed by atoms with E-state index in [1.807, 2.05) is 0 Å². The number of fused-ring (bicyclic) bond motifs is 1. The predicted octanol–water partition coefficient (Wildman–Crippen LogP) is -0.292. The van der Waals surface area contributed by atoms with Crippen molar-refractivity contribution in [2.75, 3.05) is 19.8 Å². The van der Waals surface area contributed by atoms with E-state index >= 15 is 0 Å². The molecule has 0 saturated carbocycles. The summed E-state index contributed by atoms with van der Waals surface area (Å²) in [5.41, 5.74) is 0. The molecule has 5 nitrogen and oxygen atoms in total. The fourth-order valence-electron chi connectivity index (χ4n) is 2.17. The van der Waals surface area contributed by atoms with Crippen molar-refractivity contribution in [3.05, 3.63) is 0 Å². The highest BCUT2D eigenvalue weighted by atomic mass is 16.5. The molecule has 5 heteroatoms. The highest BCUT2D eigenvalue weighted by Crippen LogP contribution is 2.26. The number of morpholine rings is 1. The first-order chi connectivity index (χ1) is 6.70. The number of nitrogens with zero attached hydrogens (tertiary/aromatic N) is 1. The normalized spacial score (nSPS) is 32.6. The number of carboxylic acid groups (broad SMARTS) is 1. The lowest BCUT2D eigenvalue weighted by Crippen LogP contribution is -2.56. The lowest BCUT2D eigenvalue weighted by Gasteiger charge is -2.42. The van der Waals surface area contributed by atoms with Crippen molar-refractivity contribution >= 4 is 11.9 Å². The Labute approximate surface area is 81.6 Å². The molecule has 0 bridgehead atoms. The minimum absolute atomic E-state index is 0.0656. The average Bonchev–Trinajstić information content (AvgIpc) is 2.18. The molecule has 2 aliphatic rings. The van der Waals surface area contributed by atoms with E-state index in [9.17, 15) is 9.59 Å². The van der Waals surface area contributed by atoms with Gasteiger partial charge in [0.2, 0.25) is 5.91 Å². The fraction of sp³-hybridized carbons (Fsp3) is 0.778. The molecule has 0 aliphatic carbocycles. The summed E-state index contributed by atoms with van der Waals surface area (Å²) < 4.78 is 5.21. The van der Waals surface area contributed by atoms with Crippen LogP contribution in [0.5, 0.6) is 0 Å². The molecule has 78 valence electrons. The maximum absolute atomic E-state index is 11.5. The smallest absolute Gasteiger partial charge is 0.308 e. The summed E-state index contributed by atoms with van der Waals surface area (Å²) in [6.45, 7) is 1.42. The van der Waals surface area contributed by atoms with E-state index in [2.05, 4.69) is 0 Å². The van der Waals surface area contributed by atoms with Gasteiger partial charge >= 0.3 is 5.97 Å². The zero-order valence-electron chi connectivity index (χ0n) is 7.81. The van der Waals surface area contributed by atoms with Crippen molar-refractivity contribution < 1.29 is 19.4 Å². The predicted molar refractivity (Wildman–Crippen MR) is 46.7 cm³/mol. The molecule has 0 aromatic heterocycles. The van der Waals surface area contributed by atoms with Crippen LogP contribution in [0, 0.1) is 5.92 Å². The second-order valence-electron chi connectivity index (χ2n) is 3.71. The summed E-state index contributed by atoms with van der Waals surface area (Å²) in [4.78, 5) is 24.1. The van der Waals surface area contributed by atoms with E-state index in [1.54, 1.807) is 4.90 Å². The first-order valence-electron chi connectivity index (χ1n) is 4.80. The number of piperidine rings is 1. The first kappa shape index (κ1) is 9.45. The van der Waals surface area contributed by atoms with Gasteiger partial charge < -0.3 is 14.7 Å². The topological polar surface area (TPSA) is 66.8 Å². The van der Waals surface area contributed by atoms with Crippen LogP contribution in [0.15, 0.2) is 0 Å². The summed E-state index contributed by atoms with van der Waals surface area (Å²) in [6, 6.07) is -0.248. The van der Waals surface area contributed by atoms with Crippen molar-refractivity contribution in [2.45, 2.75) is 18.9 Å². The number of carbonyl (C=O) groups excluding carboxylic acids is 1. The largest absolute Gasteiger partial charge is 0.481 e. The van der Waals surface area contributed by atoms with Gasteiger partial charge in [0.05, 0.1) is 25.2 Å². The van der Waals surface area contributed by atoms with Crippen LogP contribution in [0.1, 0.15) is 12.8 Å². The standard InChI is InChI=1S/C9H13NO4/c11-8-2-1-6(9(12)13)7-5-14-4-3-10(7)8/h6-7H,1-5H2,(H,12,13). The van der Waals surface area contributed by atoms with Crippen molar-refractivity contribution in [1.29, 1.82) is 0 Å². The van der Waals surface area contributed by atoms with E-state index in [0.29, 0.717) is 32.6 Å². The quantitative estimate of drug-likeness (QED) is 0.630. The highest BCUT2D eigenvalue weighted by Gasteiger charge is 2.41. The van der Waals surface area contributed by atoms with Crippen LogP contribution < -0.4 is 0 Å². The Balaban J connectivity index is 2.16. The number of hydrogen-bond acceptors (Lipinski definition) is 3. The van der Waals surface area contributed by atoms with Gasteiger partial charge in [-0.15, -0.1) is 0 Å². The van der Waals surface area contributed by atoms with Gasteiger partial charge in [0.25, 0.3) is 0 Å². The molecule has 1 amide bonds. The van der Waals surface area contributed by atoms with Crippen LogP contribution in [0.25, 0.3) is 0 Å². The number of aliphatic carboxylic acids is 1. The van der Waals surface area contributed by atoms with E-state index in [4.69, 9.17) is 9.84 Å². The van der Waals surface area contributed by atoms with Crippen molar-refractivity contribution in [3.63, 3.8) is 0 Å². The maximum Gasteiger partial charge on any atom is 0.308 e. The van der Waals surface area contributed by atoms with E-state index in [1.165, 1.54) is 0 Å². The van der Waals surface area contributed by atoms with E-state index in [0.717, 1.165) is 0 Å². The molecule has 2 fully saturated rings. The summed E-state index contributed by atoms with van der Waals surface area (Å²) in [7, 11) is 0. The molecule has 2 saturated heterocycles. The Morgan fingerprint density at radius 2 is 2.36 bits per heavy atom. The van der Waals surface area contributed by atoms with Gasteiger partial charge in [0, 0.05) is 13.0 Å². The molecule has 14 heavy (non-hydrogen) atoms. The number of carbonyl (C=O) groups is 2. The molecule has 2 unspecified atom stereocenters. The Bertz CT molecular complexity index is 264. The molecule has 1 N–H and O–H groups in total. The van der Waals surface area contributed by atoms with Gasteiger partial charge in [-0.1, -0.05) is 0 Å². The minimum atomic E-state index is -0.821. The summed E-state index contributed by atoms with van der Waals surface area (Å²) in [6.07, 6.45) is 0.798. The third-order valence-corrected chi connectivity index (χ3v) is 2.94. The highest BCUT2D eigenvalue weighted by molar-refractivity contribution is 5.81. The number of hydrogen-bond donors (Lipinski definition) is 1. The van der Waals surface area contributed by atoms with Crippen LogP contribution in [-0.2, 0) is 14.3 Å². The van der Waals surface area contributed by atoms with E-state index < -0.39 is 11.9 Å². The summed E-state index contributed by atoms with van der Waals surface area (Å²) >= 11 is 0. The van der Waals surface area contributed by atoms with Crippen LogP contribution in [0.4, 0.5) is 0 Å². The van der Waals surface area contributed by atoms with Crippen LogP contribution in [0.2, 0.25) is 0 Å². The zero-order chi connectivity index (χ0) is 10.1. The Hall–Kier alpha value is -1.10. The molecule has 0 spiro atoms. The molecule has 2 atom stereocenters. The second kappa shape index (κ2) is 3.57. The minimum Gasteiger partial charge on any atom is -0.481 e. The SMILES string of the molecule is O=C(O)C1CCC(=O)N2CCOCC12. The van der Waals surface area contributed by atoms with Crippen molar-refractivity contribution in [1.82, 2.24) is 4.90 Å². The molecule has 2 heterocycles. The number of carboxylic acids is 1. The van der Waals surface area contributed by atoms with Gasteiger partial charge in [-0.3, -0.25) is 9.59 Å². The van der Waals surface area contributed by atoms with Gasteiger partial charge in [-0.25, -0.2) is 0 Å². The molecule has 0 aromatic rings. The number of rotatable bonds is 1. The Kier molecular flexibility index (Phi) is 2.41. The lowest BCUT2D eigenvalue weighted by molar-refractivity contribution is -0.159. The van der Waals surface area contributed by atoms with Crippen LogP contribution in [0.3, 0.4) is 0 Å². The maximum atomic E-state index is 11.5. The molecular formula is C9H13NO4. The molecule has 2 aliphatic heterocycles. The van der Waals surface area contributed by atoms with Crippen molar-refractivity contribution in [2.24, 2.45) is 5.92 Å². The van der Waals surface area contributed by atoms with Crippen molar-refractivity contribution in [3.8, 4) is 0 Å². The van der Waals surface area contributed by atoms with Gasteiger partial charge in [-0.2, -0.15) is 0 Å². The average molecular weight is 199 g/mol. The zero-order valence-corrected chi connectivity index (χ0v) is 7.81. The molecule has 0 aromatic carbocycles. The first-order valence-corrected chi connectivity index (χ1v) is 4.80. The molecular weight excluding hydrogens is 186 g/mol. The van der Waals surface area contributed by atoms with Gasteiger partial charge in [-0.05, 0) is 6.42 Å². The second-order valence-corrected chi connectivity index (χ2v) is 3.71. The fourth-order valence-corrected chi connectivity index (χ4v) is 2.17. The molecule has 2 rings (SSSR count). The Morgan fingerprint density at radius 1 is 1.57 bits per heavy atom.